The first kappa shape index (κ1) is 7.65. The average molecular weight is 249 g/mol. The van der Waals surface area contributed by atoms with E-state index in [1.807, 2.05) is 18.2 Å². The van der Waals surface area contributed by atoms with Crippen molar-refractivity contribution >= 4 is 28.3 Å². The molecule has 0 spiro atoms. The third kappa shape index (κ3) is 1.53. The second-order valence-electron chi connectivity index (χ2n) is 1.89. The van der Waals surface area contributed by atoms with E-state index in [1.54, 1.807) is 7.11 Å². The average Bonchev–Trinajstić information content (AvgIpc) is 1.88. The van der Waals surface area contributed by atoms with Crippen molar-refractivity contribution in [2.45, 2.75) is 0 Å². The van der Waals surface area contributed by atoms with E-state index >= 15 is 0 Å². The molecule has 10 heavy (non-hydrogen) atoms. The van der Waals surface area contributed by atoms with Crippen LogP contribution in [0.5, 0.6) is 5.75 Å². The Morgan fingerprint density at radius 2 is 2.20 bits per heavy atom. The number of hydrogen-bond acceptors (Lipinski definition) is 2. The number of nitrogens with two attached hydrogens (primary N) is 1. The lowest BCUT2D eigenvalue weighted by molar-refractivity contribution is 0.417. The zero-order valence-electron chi connectivity index (χ0n) is 5.60. The third-order valence-electron chi connectivity index (χ3n) is 1.19. The maximum Gasteiger partial charge on any atom is 0.141 e. The van der Waals surface area contributed by atoms with Crippen LogP contribution in [0.2, 0.25) is 0 Å². The van der Waals surface area contributed by atoms with E-state index in [9.17, 15) is 0 Å². The highest BCUT2D eigenvalue weighted by Crippen LogP contribution is 2.22. The van der Waals surface area contributed by atoms with Gasteiger partial charge in [0.15, 0.2) is 0 Å². The van der Waals surface area contributed by atoms with Crippen molar-refractivity contribution in [2.24, 2.45) is 0 Å². The molecule has 3 heteroatoms. The van der Waals surface area contributed by atoms with Crippen molar-refractivity contribution in [1.29, 1.82) is 0 Å². The molecule has 0 aliphatic heterocycles. The van der Waals surface area contributed by atoms with Crippen LogP contribution in [0.25, 0.3) is 0 Å². The molecule has 0 heterocycles. The molecule has 0 aromatic heterocycles. The van der Waals surface area contributed by atoms with Gasteiger partial charge < -0.3 is 10.5 Å². The summed E-state index contributed by atoms with van der Waals surface area (Å²) >= 11 is 2.20. The molecule has 54 valence electrons. The van der Waals surface area contributed by atoms with Crippen molar-refractivity contribution in [3.8, 4) is 5.75 Å². The quantitative estimate of drug-likeness (QED) is 0.609. The van der Waals surface area contributed by atoms with Crippen LogP contribution < -0.4 is 10.5 Å². The fourth-order valence-electron chi connectivity index (χ4n) is 0.705. The second-order valence-corrected chi connectivity index (χ2v) is 3.13. The monoisotopic (exact) mass is 249 g/mol. The number of hydrogen-bond donors (Lipinski definition) is 1. The van der Waals surface area contributed by atoms with Crippen LogP contribution in [0.3, 0.4) is 0 Å². The lowest BCUT2D eigenvalue weighted by Crippen LogP contribution is -1.91. The van der Waals surface area contributed by atoms with E-state index < -0.39 is 0 Å². The van der Waals surface area contributed by atoms with Gasteiger partial charge in [-0.15, -0.1) is 0 Å². The molecule has 0 radical (unpaired) electrons. The van der Waals surface area contributed by atoms with E-state index in [2.05, 4.69) is 22.6 Å². The molecule has 0 atom stereocenters. The maximum absolute atomic E-state index is 5.60. The Morgan fingerprint density at radius 1 is 1.50 bits per heavy atom. The molecule has 0 aliphatic rings. The summed E-state index contributed by atoms with van der Waals surface area (Å²) in [5, 5.41) is 0. The molecule has 0 bridgehead atoms. The fraction of sp³-hybridized carbons (Fsp3) is 0.143. The van der Waals surface area contributed by atoms with Crippen molar-refractivity contribution < 1.29 is 4.74 Å². The summed E-state index contributed by atoms with van der Waals surface area (Å²) in [5.41, 5.74) is 6.29. The van der Waals surface area contributed by atoms with Crippen molar-refractivity contribution in [3.05, 3.63) is 21.8 Å². The van der Waals surface area contributed by atoms with E-state index in [4.69, 9.17) is 10.5 Å². The highest BCUT2D eigenvalue weighted by molar-refractivity contribution is 14.1. The van der Waals surface area contributed by atoms with Crippen molar-refractivity contribution in [1.82, 2.24) is 0 Å². The summed E-state index contributed by atoms with van der Waals surface area (Å²) in [6.45, 7) is 0. The Balaban J connectivity index is 3.07. The first-order valence-corrected chi connectivity index (χ1v) is 3.91. The number of halogens is 1. The number of anilines is 1. The van der Waals surface area contributed by atoms with Crippen LogP contribution in [-0.2, 0) is 0 Å². The first-order valence-electron chi connectivity index (χ1n) is 2.83. The van der Waals surface area contributed by atoms with Crippen LogP contribution in [0.4, 0.5) is 5.69 Å². The van der Waals surface area contributed by atoms with E-state index in [-0.39, 0.29) is 0 Å². The highest BCUT2D eigenvalue weighted by Gasteiger charge is 1.96. The zero-order valence-corrected chi connectivity index (χ0v) is 7.75. The number of ether oxygens (including phenoxy) is 1. The van der Waals surface area contributed by atoms with Gasteiger partial charge in [0, 0.05) is 3.57 Å². The molecule has 1 aromatic carbocycles. The van der Waals surface area contributed by atoms with Crippen LogP contribution in [0.15, 0.2) is 18.2 Å². The van der Waals surface area contributed by atoms with Gasteiger partial charge in [-0.3, -0.25) is 0 Å². The van der Waals surface area contributed by atoms with Gasteiger partial charge in [0.05, 0.1) is 12.8 Å². The van der Waals surface area contributed by atoms with Crippen LogP contribution >= 0.6 is 22.6 Å². The van der Waals surface area contributed by atoms with Gasteiger partial charge >= 0.3 is 0 Å². The Bertz CT molecular complexity index is 237. The maximum atomic E-state index is 5.60. The van der Waals surface area contributed by atoms with Crippen molar-refractivity contribution in [2.75, 3.05) is 12.8 Å². The van der Waals surface area contributed by atoms with Gasteiger partial charge in [0.1, 0.15) is 5.75 Å². The highest BCUT2D eigenvalue weighted by atomic mass is 127. The molecule has 0 aliphatic carbocycles. The molecule has 0 saturated heterocycles. The molecular formula is C7H8INO. The summed E-state index contributed by atoms with van der Waals surface area (Å²) in [6.07, 6.45) is 0. The number of rotatable bonds is 1. The molecule has 0 saturated carbocycles. The largest absolute Gasteiger partial charge is 0.495 e. The molecular weight excluding hydrogens is 241 g/mol. The van der Waals surface area contributed by atoms with Crippen LogP contribution in [0, 0.1) is 3.57 Å². The molecule has 0 fully saturated rings. The SMILES string of the molecule is COc1ccc(I)cc1N. The topological polar surface area (TPSA) is 35.2 Å². The van der Waals surface area contributed by atoms with Crippen molar-refractivity contribution in [3.63, 3.8) is 0 Å². The van der Waals surface area contributed by atoms with Gasteiger partial charge in [-0.05, 0) is 40.8 Å². The van der Waals surface area contributed by atoms with Crippen LogP contribution in [0.1, 0.15) is 0 Å². The van der Waals surface area contributed by atoms with Gasteiger partial charge in [-0.2, -0.15) is 0 Å². The summed E-state index contributed by atoms with van der Waals surface area (Å²) in [7, 11) is 1.61. The number of methoxy groups -OCH3 is 1. The molecule has 1 aromatic rings. The van der Waals surface area contributed by atoms with Gasteiger partial charge in [0.2, 0.25) is 0 Å². The Kier molecular flexibility index (Phi) is 2.37. The Labute approximate surface area is 73.5 Å². The van der Waals surface area contributed by atoms with Gasteiger partial charge in [-0.25, -0.2) is 0 Å². The lowest BCUT2D eigenvalue weighted by Gasteiger charge is -2.02. The molecule has 2 nitrogen and oxygen atoms in total. The predicted molar refractivity (Wildman–Crippen MR) is 50.1 cm³/mol. The molecule has 0 unspecified atom stereocenters. The van der Waals surface area contributed by atoms with E-state index in [0.29, 0.717) is 5.69 Å². The minimum atomic E-state index is 0.689. The lowest BCUT2D eigenvalue weighted by atomic mass is 10.3. The van der Waals surface area contributed by atoms with E-state index in [1.165, 1.54) is 0 Å². The predicted octanol–water partition coefficient (Wildman–Crippen LogP) is 1.88. The minimum absolute atomic E-state index is 0.689. The second kappa shape index (κ2) is 3.09. The fourth-order valence-corrected chi connectivity index (χ4v) is 1.22. The first-order chi connectivity index (χ1) is 4.74. The normalized spacial score (nSPS) is 9.40. The van der Waals surface area contributed by atoms with Gasteiger partial charge in [0.25, 0.3) is 0 Å². The summed E-state index contributed by atoms with van der Waals surface area (Å²) in [5.74, 6) is 0.736. The summed E-state index contributed by atoms with van der Waals surface area (Å²) in [6, 6.07) is 5.69. The third-order valence-corrected chi connectivity index (χ3v) is 1.86. The van der Waals surface area contributed by atoms with Crippen LogP contribution in [-0.4, -0.2) is 7.11 Å². The minimum Gasteiger partial charge on any atom is -0.495 e. The molecule has 1 rings (SSSR count). The smallest absolute Gasteiger partial charge is 0.141 e. The number of nitrogen functional groups attached to an aromatic ring is 1. The summed E-state index contributed by atoms with van der Waals surface area (Å²) < 4.78 is 6.09. The Morgan fingerprint density at radius 3 is 2.70 bits per heavy atom. The molecule has 0 amide bonds. The molecule has 2 N–H and O–H groups in total. The summed E-state index contributed by atoms with van der Waals surface area (Å²) in [4.78, 5) is 0. The number of benzene rings is 1. The standard InChI is InChI=1S/C7H8INO/c1-10-7-3-2-5(8)4-6(7)9/h2-4H,9H2,1H3. The van der Waals surface area contributed by atoms with E-state index in [0.717, 1.165) is 9.32 Å². The Hall–Kier alpha value is -0.450. The van der Waals surface area contributed by atoms with Gasteiger partial charge in [-0.1, -0.05) is 0 Å². The zero-order chi connectivity index (χ0) is 7.56.